The van der Waals surface area contributed by atoms with Crippen molar-refractivity contribution in [2.45, 2.75) is 34.6 Å². The smallest absolute Gasteiger partial charge is 0.169 e. The van der Waals surface area contributed by atoms with E-state index in [4.69, 9.17) is 4.74 Å². The number of ether oxygens (including phenoxy) is 1. The lowest BCUT2D eigenvalue weighted by molar-refractivity contribution is 0.409. The van der Waals surface area contributed by atoms with Crippen molar-refractivity contribution in [2.24, 2.45) is 0 Å². The van der Waals surface area contributed by atoms with Crippen LogP contribution in [0.15, 0.2) is 66.7 Å². The maximum Gasteiger partial charge on any atom is 0.169 e. The van der Waals surface area contributed by atoms with Gasteiger partial charge in [-0.05, 0) is 80.6 Å². The van der Waals surface area contributed by atoms with Gasteiger partial charge >= 0.3 is 0 Å². The zero-order valence-corrected chi connectivity index (χ0v) is 20.0. The molecule has 4 aromatic rings. The van der Waals surface area contributed by atoms with Gasteiger partial charge in [0.25, 0.3) is 0 Å². The summed E-state index contributed by atoms with van der Waals surface area (Å²) in [4.78, 5) is 1.96. The Morgan fingerprint density at radius 3 is 1.65 bits per heavy atom. The van der Waals surface area contributed by atoms with E-state index in [-0.39, 0.29) is 17.2 Å². The Hall–Kier alpha value is -4.12. The van der Waals surface area contributed by atoms with E-state index in [2.05, 4.69) is 0 Å². The topological polar surface area (TPSA) is 73.2 Å². The molecule has 4 aromatic carbocycles. The fourth-order valence-electron chi connectivity index (χ4n) is 4.09. The summed E-state index contributed by atoms with van der Waals surface area (Å²) in [7, 11) is 0. The highest BCUT2D eigenvalue weighted by Crippen LogP contribution is 2.47. The van der Waals surface area contributed by atoms with Crippen LogP contribution in [0, 0.1) is 34.6 Å². The number of anilines is 3. The van der Waals surface area contributed by atoms with Gasteiger partial charge in [-0.2, -0.15) is 0 Å². The van der Waals surface area contributed by atoms with Crippen LogP contribution >= 0.6 is 0 Å². The average molecular weight is 456 g/mol. The first-order chi connectivity index (χ1) is 16.2. The number of para-hydroxylation sites is 3. The van der Waals surface area contributed by atoms with E-state index >= 15 is 0 Å². The Kier molecular flexibility index (Phi) is 6.12. The standard InChI is InChI=1S/C29H29NO4/c1-17-9-8-12-28(29(17)33)34-27-11-7-6-10-22(27)30(23-15-25(31)20(4)13-18(23)2)24-16-26(32)21(5)14-19(24)3/h6-16,31-33H,1-5H3. The molecule has 0 bridgehead atoms. The molecule has 34 heavy (non-hydrogen) atoms. The van der Waals surface area contributed by atoms with Crippen LogP contribution in [0.3, 0.4) is 0 Å². The minimum absolute atomic E-state index is 0.0807. The number of hydrogen-bond donors (Lipinski definition) is 3. The van der Waals surface area contributed by atoms with E-state index in [0.29, 0.717) is 22.7 Å². The van der Waals surface area contributed by atoms with Crippen molar-refractivity contribution in [3.8, 4) is 28.7 Å². The first-order valence-corrected chi connectivity index (χ1v) is 11.1. The van der Waals surface area contributed by atoms with Crippen molar-refractivity contribution in [1.82, 2.24) is 0 Å². The van der Waals surface area contributed by atoms with Crippen LogP contribution in [-0.4, -0.2) is 15.3 Å². The maximum absolute atomic E-state index is 10.6. The number of hydrogen-bond acceptors (Lipinski definition) is 5. The van der Waals surface area contributed by atoms with Crippen molar-refractivity contribution in [2.75, 3.05) is 4.90 Å². The third kappa shape index (κ3) is 4.25. The number of phenols is 3. The molecule has 0 aliphatic carbocycles. The molecule has 4 rings (SSSR count). The van der Waals surface area contributed by atoms with E-state index in [0.717, 1.165) is 33.6 Å². The highest BCUT2D eigenvalue weighted by atomic mass is 16.5. The van der Waals surface area contributed by atoms with Crippen molar-refractivity contribution < 1.29 is 20.1 Å². The Bertz CT molecular complexity index is 1320. The second kappa shape index (κ2) is 9.02. The van der Waals surface area contributed by atoms with Gasteiger partial charge < -0.3 is 25.0 Å². The lowest BCUT2D eigenvalue weighted by Crippen LogP contribution is -2.14. The maximum atomic E-state index is 10.6. The van der Waals surface area contributed by atoms with Gasteiger partial charge in [0.15, 0.2) is 17.2 Å². The third-order valence-corrected chi connectivity index (χ3v) is 6.04. The molecule has 0 fully saturated rings. The third-order valence-electron chi connectivity index (χ3n) is 6.04. The molecule has 0 amide bonds. The number of rotatable bonds is 5. The predicted octanol–water partition coefficient (Wildman–Crippen LogP) is 7.61. The lowest BCUT2D eigenvalue weighted by Gasteiger charge is -2.30. The summed E-state index contributed by atoms with van der Waals surface area (Å²) in [6.45, 7) is 9.49. The molecule has 3 N–H and O–H groups in total. The van der Waals surface area contributed by atoms with Crippen LogP contribution in [0.25, 0.3) is 0 Å². The SMILES string of the molecule is Cc1cc(C)c(N(c2cc(O)c(C)cc2C)c2ccccc2Oc2cccc(C)c2O)cc1O. The molecule has 0 aromatic heterocycles. The Labute approximate surface area is 200 Å². The van der Waals surface area contributed by atoms with Crippen LogP contribution < -0.4 is 9.64 Å². The molecule has 0 saturated carbocycles. The van der Waals surface area contributed by atoms with Gasteiger partial charge in [-0.3, -0.25) is 0 Å². The molecule has 0 aliphatic heterocycles. The van der Waals surface area contributed by atoms with E-state index < -0.39 is 0 Å². The molecule has 0 atom stereocenters. The van der Waals surface area contributed by atoms with Crippen LogP contribution in [0.5, 0.6) is 28.7 Å². The monoisotopic (exact) mass is 455 g/mol. The largest absolute Gasteiger partial charge is 0.508 e. The van der Waals surface area contributed by atoms with E-state index in [1.54, 1.807) is 18.2 Å². The van der Waals surface area contributed by atoms with Gasteiger partial charge in [0.1, 0.15) is 11.5 Å². The summed E-state index contributed by atoms with van der Waals surface area (Å²) in [5.41, 5.74) is 6.35. The first-order valence-electron chi connectivity index (χ1n) is 11.1. The van der Waals surface area contributed by atoms with Crippen molar-refractivity contribution in [3.05, 3.63) is 94.5 Å². The Morgan fingerprint density at radius 2 is 1.06 bits per heavy atom. The number of benzene rings is 4. The molecule has 0 unspecified atom stereocenters. The molecule has 174 valence electrons. The van der Waals surface area contributed by atoms with Crippen LogP contribution in [0.1, 0.15) is 27.8 Å². The van der Waals surface area contributed by atoms with Gasteiger partial charge in [-0.15, -0.1) is 0 Å². The molecule has 0 spiro atoms. The first kappa shape index (κ1) is 23.1. The summed E-state index contributed by atoms with van der Waals surface area (Å²) in [6.07, 6.45) is 0. The number of phenolic OH excluding ortho intramolecular Hbond substituents is 3. The zero-order chi connectivity index (χ0) is 24.6. The van der Waals surface area contributed by atoms with E-state index in [9.17, 15) is 15.3 Å². The molecule has 0 heterocycles. The molecule has 5 nitrogen and oxygen atoms in total. The van der Waals surface area contributed by atoms with Gasteiger partial charge in [0, 0.05) is 12.1 Å². The predicted molar refractivity (Wildman–Crippen MR) is 136 cm³/mol. The van der Waals surface area contributed by atoms with Crippen molar-refractivity contribution in [1.29, 1.82) is 0 Å². The van der Waals surface area contributed by atoms with E-state index in [1.807, 2.05) is 88.0 Å². The van der Waals surface area contributed by atoms with Crippen molar-refractivity contribution in [3.63, 3.8) is 0 Å². The minimum Gasteiger partial charge on any atom is -0.508 e. The zero-order valence-electron chi connectivity index (χ0n) is 20.0. The van der Waals surface area contributed by atoms with Crippen LogP contribution in [0.2, 0.25) is 0 Å². The minimum atomic E-state index is 0.0807. The van der Waals surface area contributed by atoms with Gasteiger partial charge in [0.2, 0.25) is 0 Å². The Morgan fingerprint density at radius 1 is 0.529 bits per heavy atom. The highest BCUT2D eigenvalue weighted by molar-refractivity contribution is 5.84. The number of nitrogens with zero attached hydrogens (tertiary/aromatic N) is 1. The summed E-state index contributed by atoms with van der Waals surface area (Å²) < 4.78 is 6.22. The molecule has 0 radical (unpaired) electrons. The van der Waals surface area contributed by atoms with Gasteiger partial charge in [-0.1, -0.05) is 36.4 Å². The Balaban J connectivity index is 1.97. The second-order valence-electron chi connectivity index (χ2n) is 8.68. The summed E-state index contributed by atoms with van der Waals surface area (Å²) >= 11 is 0. The number of aromatic hydroxyl groups is 3. The van der Waals surface area contributed by atoms with Gasteiger partial charge in [-0.25, -0.2) is 0 Å². The van der Waals surface area contributed by atoms with Gasteiger partial charge in [0.05, 0.1) is 17.1 Å². The molecule has 0 aliphatic rings. The van der Waals surface area contributed by atoms with E-state index in [1.165, 1.54) is 0 Å². The summed E-state index contributed by atoms with van der Waals surface area (Å²) in [5, 5.41) is 31.7. The molecule has 5 heteroatoms. The number of aryl methyl sites for hydroxylation is 5. The second-order valence-corrected chi connectivity index (χ2v) is 8.68. The lowest BCUT2D eigenvalue weighted by atomic mass is 10.0. The quantitative estimate of drug-likeness (QED) is 0.289. The fraction of sp³-hybridized carbons (Fsp3) is 0.172. The normalized spacial score (nSPS) is 10.9. The molecular weight excluding hydrogens is 426 g/mol. The summed E-state index contributed by atoms with van der Waals surface area (Å²) in [6, 6.07) is 20.2. The molecule has 0 saturated heterocycles. The fourth-order valence-corrected chi connectivity index (χ4v) is 4.09. The highest BCUT2D eigenvalue weighted by Gasteiger charge is 2.23. The molecular formula is C29H29NO4. The van der Waals surface area contributed by atoms with Crippen molar-refractivity contribution >= 4 is 17.1 Å². The van der Waals surface area contributed by atoms with Crippen LogP contribution in [0.4, 0.5) is 17.1 Å². The summed E-state index contributed by atoms with van der Waals surface area (Å²) in [5.74, 6) is 1.29. The van der Waals surface area contributed by atoms with Crippen LogP contribution in [-0.2, 0) is 0 Å². The average Bonchev–Trinajstić information content (AvgIpc) is 2.79.